The number of nitrogens with two attached hydrogens (primary N) is 1. The molecule has 90 valence electrons. The number of nitrogens with zero attached hydrogens (tertiary/aromatic N) is 1. The summed E-state index contributed by atoms with van der Waals surface area (Å²) in [6.45, 7) is 0. The van der Waals surface area contributed by atoms with Crippen molar-refractivity contribution in [2.75, 3.05) is 11.9 Å². The zero-order chi connectivity index (χ0) is 12.6. The molecule has 0 saturated heterocycles. The Morgan fingerprint density at radius 1 is 1.59 bits per heavy atom. The number of benzene rings is 1. The van der Waals surface area contributed by atoms with Crippen molar-refractivity contribution >= 4 is 17.6 Å². The van der Waals surface area contributed by atoms with Crippen molar-refractivity contribution in [1.29, 1.82) is 0 Å². The van der Waals surface area contributed by atoms with Crippen molar-refractivity contribution < 1.29 is 14.7 Å². The van der Waals surface area contributed by atoms with E-state index >= 15 is 0 Å². The summed E-state index contributed by atoms with van der Waals surface area (Å²) in [6.07, 6.45) is 0.577. The summed E-state index contributed by atoms with van der Waals surface area (Å²) in [6, 6.07) is 4.57. The van der Waals surface area contributed by atoms with Gasteiger partial charge in [-0.2, -0.15) is 0 Å². The van der Waals surface area contributed by atoms with E-state index in [2.05, 4.69) is 0 Å². The first-order chi connectivity index (χ1) is 8.00. The standard InChI is InChI=1S/C12H14N2O3/c1-14-10-4-2-3-7(5-9(13)12(16)17)8(10)6-11(14)15/h2-4,9H,5-6,13H2,1H3,(H,16,17). The minimum atomic E-state index is -1.03. The second-order valence-corrected chi connectivity index (χ2v) is 4.19. The van der Waals surface area contributed by atoms with Crippen LogP contribution < -0.4 is 10.6 Å². The molecule has 1 aliphatic heterocycles. The zero-order valence-electron chi connectivity index (χ0n) is 9.51. The summed E-state index contributed by atoms with van der Waals surface area (Å²) < 4.78 is 0. The summed E-state index contributed by atoms with van der Waals surface area (Å²) in [5.41, 5.74) is 8.11. The Morgan fingerprint density at radius 3 is 2.94 bits per heavy atom. The van der Waals surface area contributed by atoms with Crippen LogP contribution in [0.3, 0.4) is 0 Å². The molecule has 1 unspecified atom stereocenters. The molecule has 0 bridgehead atoms. The van der Waals surface area contributed by atoms with Gasteiger partial charge in [-0.15, -0.1) is 0 Å². The van der Waals surface area contributed by atoms with E-state index in [1.54, 1.807) is 11.9 Å². The number of hydrogen-bond donors (Lipinski definition) is 2. The smallest absolute Gasteiger partial charge is 0.320 e. The van der Waals surface area contributed by atoms with Crippen LogP contribution in [0.4, 0.5) is 5.69 Å². The third-order valence-electron chi connectivity index (χ3n) is 3.07. The fraction of sp³-hybridized carbons (Fsp3) is 0.333. The molecule has 0 spiro atoms. The number of rotatable bonds is 3. The Labute approximate surface area is 98.8 Å². The van der Waals surface area contributed by atoms with E-state index in [1.807, 2.05) is 18.2 Å². The largest absolute Gasteiger partial charge is 0.480 e. The molecule has 1 aromatic carbocycles. The molecule has 2 rings (SSSR count). The Bertz CT molecular complexity index is 485. The lowest BCUT2D eigenvalue weighted by atomic mass is 9.99. The second-order valence-electron chi connectivity index (χ2n) is 4.19. The van der Waals surface area contributed by atoms with Crippen LogP contribution in [-0.2, 0) is 22.4 Å². The van der Waals surface area contributed by atoms with Gasteiger partial charge in [-0.1, -0.05) is 12.1 Å². The molecule has 0 radical (unpaired) electrons. The van der Waals surface area contributed by atoms with Crippen LogP contribution in [0.15, 0.2) is 18.2 Å². The monoisotopic (exact) mass is 234 g/mol. The molecule has 1 amide bonds. The van der Waals surface area contributed by atoms with Crippen molar-refractivity contribution in [3.8, 4) is 0 Å². The van der Waals surface area contributed by atoms with Crippen LogP contribution in [-0.4, -0.2) is 30.1 Å². The van der Waals surface area contributed by atoms with Gasteiger partial charge in [-0.25, -0.2) is 0 Å². The number of carbonyl (C=O) groups is 2. The first-order valence-corrected chi connectivity index (χ1v) is 5.36. The van der Waals surface area contributed by atoms with Gasteiger partial charge in [0.25, 0.3) is 0 Å². The van der Waals surface area contributed by atoms with Gasteiger partial charge in [0.1, 0.15) is 6.04 Å². The summed E-state index contributed by atoms with van der Waals surface area (Å²) in [7, 11) is 1.72. The van der Waals surface area contributed by atoms with E-state index in [1.165, 1.54) is 0 Å². The molecule has 0 aromatic heterocycles. The van der Waals surface area contributed by atoms with Crippen LogP contribution in [0, 0.1) is 0 Å². The van der Waals surface area contributed by atoms with Crippen molar-refractivity contribution in [3.05, 3.63) is 29.3 Å². The Balaban J connectivity index is 2.32. The molecule has 0 aliphatic carbocycles. The molecular formula is C12H14N2O3. The van der Waals surface area contributed by atoms with Crippen LogP contribution in [0.5, 0.6) is 0 Å². The van der Waals surface area contributed by atoms with E-state index in [9.17, 15) is 9.59 Å². The first-order valence-electron chi connectivity index (χ1n) is 5.36. The van der Waals surface area contributed by atoms with Crippen LogP contribution in [0.2, 0.25) is 0 Å². The van der Waals surface area contributed by atoms with Crippen LogP contribution in [0.1, 0.15) is 11.1 Å². The highest BCUT2D eigenvalue weighted by Gasteiger charge is 2.27. The maximum absolute atomic E-state index is 11.6. The number of likely N-dealkylation sites (N-methyl/N-ethyl adjacent to an activating group) is 1. The van der Waals surface area contributed by atoms with Crippen molar-refractivity contribution in [2.45, 2.75) is 18.9 Å². The first kappa shape index (κ1) is 11.6. The number of aliphatic carboxylic acids is 1. The predicted octanol–water partition coefficient (Wildman–Crippen LogP) is 0.160. The third-order valence-corrected chi connectivity index (χ3v) is 3.07. The van der Waals surface area contributed by atoms with Crippen molar-refractivity contribution in [3.63, 3.8) is 0 Å². The van der Waals surface area contributed by atoms with Crippen LogP contribution in [0.25, 0.3) is 0 Å². The van der Waals surface area contributed by atoms with Gasteiger partial charge in [-0.3, -0.25) is 9.59 Å². The van der Waals surface area contributed by atoms with Gasteiger partial charge in [-0.05, 0) is 23.6 Å². The second kappa shape index (κ2) is 4.18. The predicted molar refractivity (Wildman–Crippen MR) is 62.9 cm³/mol. The minimum absolute atomic E-state index is 0.0244. The molecule has 5 nitrogen and oxygen atoms in total. The normalized spacial score (nSPS) is 15.9. The molecular weight excluding hydrogens is 220 g/mol. The molecule has 17 heavy (non-hydrogen) atoms. The number of amides is 1. The average molecular weight is 234 g/mol. The maximum Gasteiger partial charge on any atom is 0.320 e. The van der Waals surface area contributed by atoms with Gasteiger partial charge >= 0.3 is 5.97 Å². The van der Waals surface area contributed by atoms with Crippen molar-refractivity contribution in [2.24, 2.45) is 5.73 Å². The third kappa shape index (κ3) is 2.01. The van der Waals surface area contributed by atoms with E-state index in [-0.39, 0.29) is 12.3 Å². The maximum atomic E-state index is 11.6. The lowest BCUT2D eigenvalue weighted by Gasteiger charge is -2.12. The molecule has 0 saturated carbocycles. The lowest BCUT2D eigenvalue weighted by Crippen LogP contribution is -2.32. The van der Waals surface area contributed by atoms with E-state index in [0.717, 1.165) is 16.8 Å². The van der Waals surface area contributed by atoms with Gasteiger partial charge in [0.2, 0.25) is 5.91 Å². The fourth-order valence-electron chi connectivity index (χ4n) is 2.06. The van der Waals surface area contributed by atoms with Gasteiger partial charge in [0, 0.05) is 12.7 Å². The minimum Gasteiger partial charge on any atom is -0.480 e. The topological polar surface area (TPSA) is 83.6 Å². The number of carboxylic acids is 1. The molecule has 3 N–H and O–H groups in total. The van der Waals surface area contributed by atoms with Crippen molar-refractivity contribution in [1.82, 2.24) is 0 Å². The SMILES string of the molecule is CN1C(=O)Cc2c(CC(N)C(=O)O)cccc21. The highest BCUT2D eigenvalue weighted by atomic mass is 16.4. The average Bonchev–Trinajstić information content (AvgIpc) is 2.57. The summed E-state index contributed by atoms with van der Waals surface area (Å²) in [5, 5.41) is 8.79. The summed E-state index contributed by atoms with van der Waals surface area (Å²) in [4.78, 5) is 23.9. The summed E-state index contributed by atoms with van der Waals surface area (Å²) in [5.74, 6) is -1.00. The number of anilines is 1. The molecule has 0 fully saturated rings. The lowest BCUT2D eigenvalue weighted by molar-refractivity contribution is -0.138. The fourth-order valence-corrected chi connectivity index (χ4v) is 2.06. The molecule has 1 aliphatic rings. The Hall–Kier alpha value is -1.88. The number of carbonyl (C=O) groups excluding carboxylic acids is 1. The summed E-state index contributed by atoms with van der Waals surface area (Å²) >= 11 is 0. The number of fused-ring (bicyclic) bond motifs is 1. The quantitative estimate of drug-likeness (QED) is 0.780. The van der Waals surface area contributed by atoms with Gasteiger partial charge < -0.3 is 15.7 Å². The highest BCUT2D eigenvalue weighted by Crippen LogP contribution is 2.30. The molecule has 1 heterocycles. The van der Waals surface area contributed by atoms with E-state index in [0.29, 0.717) is 6.42 Å². The Morgan fingerprint density at radius 2 is 2.29 bits per heavy atom. The van der Waals surface area contributed by atoms with Crippen LogP contribution >= 0.6 is 0 Å². The molecule has 1 atom stereocenters. The molecule has 1 aromatic rings. The Kier molecular flexibility index (Phi) is 2.85. The van der Waals surface area contributed by atoms with Gasteiger partial charge in [0.05, 0.1) is 6.42 Å². The van der Waals surface area contributed by atoms with E-state index in [4.69, 9.17) is 10.8 Å². The zero-order valence-corrected chi connectivity index (χ0v) is 9.51. The number of hydrogen-bond acceptors (Lipinski definition) is 3. The van der Waals surface area contributed by atoms with Gasteiger partial charge in [0.15, 0.2) is 0 Å². The highest BCUT2D eigenvalue weighted by molar-refractivity contribution is 6.01. The number of carboxylic acid groups (broad SMARTS) is 1. The van der Waals surface area contributed by atoms with E-state index < -0.39 is 12.0 Å². The molecule has 5 heteroatoms.